The zero-order valence-electron chi connectivity index (χ0n) is 18.8. The van der Waals surface area contributed by atoms with Crippen LogP contribution in [0.1, 0.15) is 50.9 Å². The number of piperidine rings is 1. The van der Waals surface area contributed by atoms with E-state index in [0.717, 1.165) is 12.8 Å². The molecule has 8 heteroatoms. The molecule has 0 spiro atoms. The van der Waals surface area contributed by atoms with Crippen molar-refractivity contribution in [2.24, 2.45) is 16.7 Å². The number of nitrogens with one attached hydrogen (secondary N) is 2. The number of amides is 2. The number of hydrogen-bond acceptors (Lipinski definition) is 4. The molecule has 7 nitrogen and oxygen atoms in total. The summed E-state index contributed by atoms with van der Waals surface area (Å²) in [7, 11) is -3.75. The van der Waals surface area contributed by atoms with Crippen LogP contribution in [0.3, 0.4) is 0 Å². The van der Waals surface area contributed by atoms with Gasteiger partial charge in [0.15, 0.2) is 0 Å². The van der Waals surface area contributed by atoms with Crippen LogP contribution in [-0.2, 0) is 14.8 Å². The molecule has 170 valence electrons. The molecular formula is C23H33N3O4S. The van der Waals surface area contributed by atoms with Crippen molar-refractivity contribution in [2.75, 3.05) is 19.6 Å². The Morgan fingerprint density at radius 2 is 1.65 bits per heavy atom. The van der Waals surface area contributed by atoms with E-state index in [1.807, 2.05) is 27.7 Å². The van der Waals surface area contributed by atoms with E-state index in [1.165, 1.54) is 22.5 Å². The molecule has 0 unspecified atom stereocenters. The van der Waals surface area contributed by atoms with Crippen LogP contribution in [-0.4, -0.2) is 50.2 Å². The summed E-state index contributed by atoms with van der Waals surface area (Å²) in [5.41, 5.74) is -0.530. The fraction of sp³-hybridized carbons (Fsp3) is 0.565. The summed E-state index contributed by atoms with van der Waals surface area (Å²) in [6.45, 7) is 12.5. The predicted octanol–water partition coefficient (Wildman–Crippen LogP) is 2.55. The number of sulfonamides is 1. The maximum atomic E-state index is 13.4. The van der Waals surface area contributed by atoms with Gasteiger partial charge < -0.3 is 10.6 Å². The fourth-order valence-corrected chi connectivity index (χ4v) is 6.34. The average molecular weight is 448 g/mol. The van der Waals surface area contributed by atoms with Gasteiger partial charge in [0.1, 0.15) is 0 Å². The fourth-order valence-electron chi connectivity index (χ4n) is 4.56. The van der Waals surface area contributed by atoms with Crippen molar-refractivity contribution in [1.82, 2.24) is 14.9 Å². The Balaban J connectivity index is 1.77. The number of carbonyl (C=O) groups excluding carboxylic acids is 2. The van der Waals surface area contributed by atoms with Crippen LogP contribution in [0.15, 0.2) is 41.8 Å². The van der Waals surface area contributed by atoms with Crippen molar-refractivity contribution in [2.45, 2.75) is 51.5 Å². The Kier molecular flexibility index (Phi) is 6.35. The summed E-state index contributed by atoms with van der Waals surface area (Å²) < 4.78 is 28.2. The van der Waals surface area contributed by atoms with Crippen LogP contribution in [0.25, 0.3) is 0 Å². The number of benzene rings is 1. The van der Waals surface area contributed by atoms with Crippen LogP contribution in [0.4, 0.5) is 0 Å². The molecule has 0 atom stereocenters. The molecule has 3 rings (SSSR count). The van der Waals surface area contributed by atoms with E-state index in [2.05, 4.69) is 17.2 Å². The van der Waals surface area contributed by atoms with Crippen molar-refractivity contribution in [1.29, 1.82) is 0 Å². The summed E-state index contributed by atoms with van der Waals surface area (Å²) in [4.78, 5) is 24.3. The zero-order valence-corrected chi connectivity index (χ0v) is 19.6. The standard InChI is InChI=1S/C23H33N3O4S/c1-6-19(27)25-21-22(2,3)14-26(15-23(21,4)5)31(29,30)18-11-9-17(10-12-18)20(28)24-13-16-7-8-16/h6,9-12,16,21H,1,7-8,13-15H2,2-5H3,(H,24,28)(H,25,27). The first kappa shape index (κ1) is 23.5. The van der Waals surface area contributed by atoms with Gasteiger partial charge in [-0.2, -0.15) is 4.31 Å². The molecule has 1 aliphatic heterocycles. The largest absolute Gasteiger partial charge is 0.352 e. The molecule has 1 saturated carbocycles. The Morgan fingerprint density at radius 1 is 1.10 bits per heavy atom. The molecule has 0 aromatic heterocycles. The van der Waals surface area contributed by atoms with E-state index in [1.54, 1.807) is 12.1 Å². The van der Waals surface area contributed by atoms with Crippen LogP contribution in [0.2, 0.25) is 0 Å². The van der Waals surface area contributed by atoms with Crippen LogP contribution >= 0.6 is 0 Å². The van der Waals surface area contributed by atoms with Crippen molar-refractivity contribution >= 4 is 21.8 Å². The maximum absolute atomic E-state index is 13.4. The third-order valence-electron chi connectivity index (χ3n) is 6.21. The SMILES string of the molecule is C=CC(=O)NC1C(C)(C)CN(S(=O)(=O)c2ccc(C(=O)NCC3CC3)cc2)CC1(C)C. The zero-order chi connectivity index (χ0) is 23.0. The monoisotopic (exact) mass is 447 g/mol. The summed E-state index contributed by atoms with van der Waals surface area (Å²) in [5.74, 6) is 0.129. The van der Waals surface area contributed by atoms with Gasteiger partial charge >= 0.3 is 0 Å². The number of nitrogens with zero attached hydrogens (tertiary/aromatic N) is 1. The van der Waals surface area contributed by atoms with Crippen LogP contribution < -0.4 is 10.6 Å². The molecule has 0 radical (unpaired) electrons. The number of rotatable bonds is 7. The Morgan fingerprint density at radius 3 is 2.13 bits per heavy atom. The lowest BCUT2D eigenvalue weighted by Crippen LogP contribution is -2.64. The first-order valence-corrected chi connectivity index (χ1v) is 12.1. The van der Waals surface area contributed by atoms with E-state index in [9.17, 15) is 18.0 Å². The van der Waals surface area contributed by atoms with Crippen molar-refractivity contribution in [3.8, 4) is 0 Å². The highest BCUT2D eigenvalue weighted by atomic mass is 32.2. The molecule has 1 saturated heterocycles. The van der Waals surface area contributed by atoms with E-state index in [4.69, 9.17) is 0 Å². The molecule has 31 heavy (non-hydrogen) atoms. The quantitative estimate of drug-likeness (QED) is 0.628. The summed E-state index contributed by atoms with van der Waals surface area (Å²) in [6, 6.07) is 5.89. The molecule has 1 heterocycles. The van der Waals surface area contributed by atoms with Gasteiger partial charge in [-0.3, -0.25) is 9.59 Å². The number of hydrogen-bond donors (Lipinski definition) is 2. The molecule has 1 aromatic rings. The molecule has 2 amide bonds. The smallest absolute Gasteiger partial charge is 0.251 e. The van der Waals surface area contributed by atoms with Gasteiger partial charge in [0.25, 0.3) is 5.91 Å². The Hall–Kier alpha value is -2.19. The second-order valence-corrected chi connectivity index (χ2v) is 12.0. The first-order valence-electron chi connectivity index (χ1n) is 10.7. The van der Waals surface area contributed by atoms with Gasteiger partial charge in [-0.15, -0.1) is 0 Å². The van der Waals surface area contributed by atoms with E-state index in [0.29, 0.717) is 18.0 Å². The third-order valence-corrected chi connectivity index (χ3v) is 8.01. The minimum atomic E-state index is -3.75. The highest BCUT2D eigenvalue weighted by Crippen LogP contribution is 2.42. The lowest BCUT2D eigenvalue weighted by atomic mass is 9.67. The second kappa shape index (κ2) is 8.39. The number of carbonyl (C=O) groups is 2. The maximum Gasteiger partial charge on any atom is 0.251 e. The van der Waals surface area contributed by atoms with Crippen LogP contribution in [0, 0.1) is 16.7 Å². The summed E-state index contributed by atoms with van der Waals surface area (Å²) in [5, 5.41) is 5.87. The lowest BCUT2D eigenvalue weighted by molar-refractivity contribution is -0.120. The molecule has 0 bridgehead atoms. The van der Waals surface area contributed by atoms with Gasteiger partial charge in [-0.05, 0) is 59.9 Å². The molecule has 2 N–H and O–H groups in total. The topological polar surface area (TPSA) is 95.6 Å². The van der Waals surface area contributed by atoms with Gasteiger partial charge in [0.2, 0.25) is 15.9 Å². The predicted molar refractivity (Wildman–Crippen MR) is 120 cm³/mol. The highest BCUT2D eigenvalue weighted by Gasteiger charge is 2.50. The Labute approximate surface area is 185 Å². The second-order valence-electron chi connectivity index (χ2n) is 10.1. The Bertz CT molecular complexity index is 945. The molecule has 1 aromatic carbocycles. The lowest BCUT2D eigenvalue weighted by Gasteiger charge is -2.52. The third kappa shape index (κ3) is 5.18. The minimum absolute atomic E-state index is 0.159. The molecule has 1 aliphatic carbocycles. The average Bonchev–Trinajstić information content (AvgIpc) is 3.52. The summed E-state index contributed by atoms with van der Waals surface area (Å²) in [6.07, 6.45) is 3.54. The van der Waals surface area contributed by atoms with Gasteiger partial charge in [-0.25, -0.2) is 8.42 Å². The summed E-state index contributed by atoms with van der Waals surface area (Å²) >= 11 is 0. The van der Waals surface area contributed by atoms with Crippen molar-refractivity contribution in [3.63, 3.8) is 0 Å². The van der Waals surface area contributed by atoms with E-state index < -0.39 is 20.9 Å². The van der Waals surface area contributed by atoms with Gasteiger partial charge in [-0.1, -0.05) is 34.3 Å². The molecular weight excluding hydrogens is 414 g/mol. The van der Waals surface area contributed by atoms with E-state index >= 15 is 0 Å². The minimum Gasteiger partial charge on any atom is -0.352 e. The molecule has 2 aliphatic rings. The van der Waals surface area contributed by atoms with Gasteiger partial charge in [0.05, 0.1) is 4.90 Å². The first-order chi connectivity index (χ1) is 14.4. The van der Waals surface area contributed by atoms with Crippen molar-refractivity contribution < 1.29 is 18.0 Å². The van der Waals surface area contributed by atoms with Gasteiger partial charge in [0, 0.05) is 31.2 Å². The van der Waals surface area contributed by atoms with Crippen LogP contribution in [0.5, 0.6) is 0 Å². The highest BCUT2D eigenvalue weighted by molar-refractivity contribution is 7.89. The van der Waals surface area contributed by atoms with E-state index in [-0.39, 0.29) is 35.8 Å². The van der Waals surface area contributed by atoms with Crippen molar-refractivity contribution in [3.05, 3.63) is 42.5 Å². The molecule has 2 fully saturated rings. The normalized spacial score (nSPS) is 21.3.